The SMILES string of the molecule is CCN1C(=O)C(N2C(=O)C=CC2=O)CC1COCCSO. The van der Waals surface area contributed by atoms with Gasteiger partial charge in [-0.25, -0.2) is 0 Å². The lowest BCUT2D eigenvalue weighted by molar-refractivity contribution is -0.146. The first kappa shape index (κ1) is 16.0. The number of hydrogen-bond donors (Lipinski definition) is 1. The highest BCUT2D eigenvalue weighted by molar-refractivity contribution is 7.93. The third-order valence-corrected chi connectivity index (χ3v) is 3.98. The third-order valence-electron chi connectivity index (χ3n) is 3.63. The highest BCUT2D eigenvalue weighted by Gasteiger charge is 2.46. The Morgan fingerprint density at radius 3 is 2.57 bits per heavy atom. The van der Waals surface area contributed by atoms with Crippen LogP contribution in [-0.4, -0.2) is 69.7 Å². The lowest BCUT2D eigenvalue weighted by Gasteiger charge is -2.23. The fraction of sp³-hybridized carbons (Fsp3) is 0.615. The van der Waals surface area contributed by atoms with Crippen molar-refractivity contribution in [2.75, 3.05) is 25.5 Å². The minimum absolute atomic E-state index is 0.155. The minimum Gasteiger partial charge on any atom is -0.378 e. The summed E-state index contributed by atoms with van der Waals surface area (Å²) in [7, 11) is 0. The van der Waals surface area contributed by atoms with E-state index < -0.39 is 17.9 Å². The van der Waals surface area contributed by atoms with E-state index in [0.29, 0.717) is 44.0 Å². The van der Waals surface area contributed by atoms with Crippen LogP contribution >= 0.6 is 12.0 Å². The van der Waals surface area contributed by atoms with Gasteiger partial charge in [0.05, 0.1) is 19.3 Å². The van der Waals surface area contributed by atoms with Gasteiger partial charge in [0.25, 0.3) is 11.8 Å². The molecule has 2 unspecified atom stereocenters. The second kappa shape index (κ2) is 7.06. The van der Waals surface area contributed by atoms with Gasteiger partial charge in [-0.1, -0.05) is 0 Å². The van der Waals surface area contributed by atoms with Crippen molar-refractivity contribution >= 4 is 29.8 Å². The summed E-state index contributed by atoms with van der Waals surface area (Å²) in [6, 6.07) is -0.891. The number of likely N-dealkylation sites (N-methyl/N-ethyl adjacent to an activating group) is 1. The summed E-state index contributed by atoms with van der Waals surface area (Å²) in [6.45, 7) is 3.07. The van der Waals surface area contributed by atoms with E-state index in [0.717, 1.165) is 4.90 Å². The number of imide groups is 1. The molecule has 0 aromatic rings. The molecular weight excluding hydrogens is 296 g/mol. The van der Waals surface area contributed by atoms with Crippen LogP contribution in [-0.2, 0) is 19.1 Å². The van der Waals surface area contributed by atoms with Gasteiger partial charge >= 0.3 is 0 Å². The highest BCUT2D eigenvalue weighted by Crippen LogP contribution is 2.26. The number of carbonyl (C=O) groups excluding carboxylic acids is 3. The molecule has 2 rings (SSSR count). The molecule has 0 aliphatic carbocycles. The smallest absolute Gasteiger partial charge is 0.254 e. The molecule has 1 fully saturated rings. The second-order valence-corrected chi connectivity index (χ2v) is 5.48. The molecule has 1 N–H and O–H groups in total. The Morgan fingerprint density at radius 2 is 2.00 bits per heavy atom. The summed E-state index contributed by atoms with van der Waals surface area (Å²) < 4.78 is 14.1. The summed E-state index contributed by atoms with van der Waals surface area (Å²) in [6.07, 6.45) is 2.76. The molecule has 21 heavy (non-hydrogen) atoms. The van der Waals surface area contributed by atoms with Gasteiger partial charge in [0.1, 0.15) is 6.04 Å². The Labute approximate surface area is 127 Å². The van der Waals surface area contributed by atoms with E-state index in [1.54, 1.807) is 4.90 Å². The number of likely N-dealkylation sites (tertiary alicyclic amines) is 1. The first-order valence-electron chi connectivity index (χ1n) is 6.80. The molecule has 0 radical (unpaired) electrons. The van der Waals surface area contributed by atoms with E-state index in [1.807, 2.05) is 6.92 Å². The van der Waals surface area contributed by atoms with Crippen molar-refractivity contribution in [3.63, 3.8) is 0 Å². The summed E-state index contributed by atoms with van der Waals surface area (Å²) in [5, 5.41) is 0. The Morgan fingerprint density at radius 1 is 1.33 bits per heavy atom. The maximum absolute atomic E-state index is 12.4. The average Bonchev–Trinajstić information content (AvgIpc) is 2.95. The van der Waals surface area contributed by atoms with Gasteiger partial charge in [-0.15, -0.1) is 0 Å². The molecule has 0 spiro atoms. The Kier molecular flexibility index (Phi) is 5.38. The molecule has 2 aliphatic heterocycles. The third kappa shape index (κ3) is 3.28. The van der Waals surface area contributed by atoms with Crippen LogP contribution in [0.2, 0.25) is 0 Å². The second-order valence-electron chi connectivity index (χ2n) is 4.82. The van der Waals surface area contributed by atoms with Crippen molar-refractivity contribution in [2.45, 2.75) is 25.4 Å². The standard InChI is InChI=1S/C13H18N2O5S/c1-2-14-9(8-20-5-6-21-19)7-10(13(14)18)15-11(16)3-4-12(15)17/h3-4,9-10,19H,2,5-8H2,1H3. The van der Waals surface area contributed by atoms with Crippen molar-refractivity contribution in [3.05, 3.63) is 12.2 Å². The van der Waals surface area contributed by atoms with Crippen LogP contribution < -0.4 is 0 Å². The molecule has 2 atom stereocenters. The van der Waals surface area contributed by atoms with Crippen molar-refractivity contribution in [2.24, 2.45) is 0 Å². The van der Waals surface area contributed by atoms with Crippen molar-refractivity contribution in [1.82, 2.24) is 9.80 Å². The number of hydrogen-bond acceptors (Lipinski definition) is 6. The lowest BCUT2D eigenvalue weighted by Crippen LogP contribution is -2.45. The number of amides is 3. The van der Waals surface area contributed by atoms with Crippen LogP contribution in [0.4, 0.5) is 0 Å². The van der Waals surface area contributed by atoms with E-state index >= 15 is 0 Å². The average molecular weight is 314 g/mol. The molecule has 0 aromatic carbocycles. The Hall–Kier alpha value is -1.38. The van der Waals surface area contributed by atoms with Crippen LogP contribution in [0.25, 0.3) is 0 Å². The molecule has 116 valence electrons. The highest BCUT2D eigenvalue weighted by atomic mass is 32.2. The van der Waals surface area contributed by atoms with Crippen molar-refractivity contribution in [1.29, 1.82) is 0 Å². The lowest BCUT2D eigenvalue weighted by atomic mass is 10.1. The number of rotatable bonds is 7. The Balaban J connectivity index is 2.00. The topological polar surface area (TPSA) is 87.2 Å². The van der Waals surface area contributed by atoms with Gasteiger partial charge in [-0.3, -0.25) is 19.3 Å². The van der Waals surface area contributed by atoms with Crippen LogP contribution in [0.1, 0.15) is 13.3 Å². The van der Waals surface area contributed by atoms with E-state index in [9.17, 15) is 14.4 Å². The number of carbonyl (C=O) groups is 3. The van der Waals surface area contributed by atoms with Gasteiger partial charge in [0, 0.05) is 24.4 Å². The normalized spacial score (nSPS) is 25.5. The first-order chi connectivity index (χ1) is 10.1. The first-order valence-corrected chi connectivity index (χ1v) is 7.74. The van der Waals surface area contributed by atoms with Gasteiger partial charge in [-0.2, -0.15) is 0 Å². The summed E-state index contributed by atoms with van der Waals surface area (Å²) in [5.41, 5.74) is 0. The zero-order valence-corrected chi connectivity index (χ0v) is 12.5. The van der Waals surface area contributed by atoms with Crippen LogP contribution in [0.3, 0.4) is 0 Å². The molecule has 0 bridgehead atoms. The van der Waals surface area contributed by atoms with Crippen LogP contribution in [0.5, 0.6) is 0 Å². The molecule has 1 saturated heterocycles. The molecule has 0 saturated carbocycles. The predicted molar refractivity (Wildman–Crippen MR) is 76.5 cm³/mol. The minimum atomic E-state index is -0.735. The van der Waals surface area contributed by atoms with Gasteiger partial charge in [0.15, 0.2) is 0 Å². The predicted octanol–water partition coefficient (Wildman–Crippen LogP) is 0.124. The van der Waals surface area contributed by atoms with Crippen LogP contribution in [0, 0.1) is 0 Å². The van der Waals surface area contributed by atoms with Gasteiger partial charge in [0.2, 0.25) is 5.91 Å². The quantitative estimate of drug-likeness (QED) is 0.408. The monoisotopic (exact) mass is 314 g/mol. The molecule has 3 amide bonds. The van der Waals surface area contributed by atoms with E-state index in [1.165, 1.54) is 12.2 Å². The van der Waals surface area contributed by atoms with Gasteiger partial charge in [-0.05, 0) is 25.4 Å². The van der Waals surface area contributed by atoms with E-state index in [4.69, 9.17) is 9.29 Å². The number of nitrogens with zero attached hydrogens (tertiary/aromatic N) is 2. The van der Waals surface area contributed by atoms with Crippen molar-refractivity contribution in [3.8, 4) is 0 Å². The molecule has 2 heterocycles. The zero-order chi connectivity index (χ0) is 15.4. The largest absolute Gasteiger partial charge is 0.378 e. The fourth-order valence-corrected chi connectivity index (χ4v) is 2.87. The van der Waals surface area contributed by atoms with Crippen molar-refractivity contribution < 1.29 is 23.7 Å². The zero-order valence-electron chi connectivity index (χ0n) is 11.7. The summed E-state index contributed by atoms with van der Waals surface area (Å²) >= 11 is 0.701. The fourth-order valence-electron chi connectivity index (χ4n) is 2.68. The van der Waals surface area contributed by atoms with E-state index in [-0.39, 0.29) is 11.9 Å². The Bertz CT molecular complexity index is 449. The molecule has 0 aromatic heterocycles. The van der Waals surface area contributed by atoms with Gasteiger partial charge < -0.3 is 14.2 Å². The van der Waals surface area contributed by atoms with E-state index in [2.05, 4.69) is 0 Å². The summed E-state index contributed by atoms with van der Waals surface area (Å²) in [5.74, 6) is -0.628. The van der Waals surface area contributed by atoms with Crippen LogP contribution in [0.15, 0.2) is 12.2 Å². The molecular formula is C13H18N2O5S. The molecule has 8 heteroatoms. The number of ether oxygens (including phenoxy) is 1. The summed E-state index contributed by atoms with van der Waals surface area (Å²) in [4.78, 5) is 38.4. The molecule has 2 aliphatic rings. The molecule has 7 nitrogen and oxygen atoms in total. The maximum Gasteiger partial charge on any atom is 0.254 e. The maximum atomic E-state index is 12.4.